The van der Waals surface area contributed by atoms with Crippen molar-refractivity contribution in [2.24, 2.45) is 0 Å². The summed E-state index contributed by atoms with van der Waals surface area (Å²) >= 11 is 0. The lowest BCUT2D eigenvalue weighted by molar-refractivity contribution is -0.139. The van der Waals surface area contributed by atoms with Gasteiger partial charge in [-0.25, -0.2) is 9.67 Å². The highest BCUT2D eigenvalue weighted by Gasteiger charge is 2.23. The van der Waals surface area contributed by atoms with Crippen LogP contribution in [0.1, 0.15) is 37.8 Å². The van der Waals surface area contributed by atoms with Crippen molar-refractivity contribution in [1.82, 2.24) is 24.6 Å². The number of carbonyl (C=O) groups is 1. The molecule has 0 saturated carbocycles. The van der Waals surface area contributed by atoms with Gasteiger partial charge >= 0.3 is 5.97 Å². The van der Waals surface area contributed by atoms with Crippen LogP contribution in [0.5, 0.6) is 11.5 Å². The van der Waals surface area contributed by atoms with Crippen molar-refractivity contribution in [3.05, 3.63) is 54.1 Å². The molecule has 0 amide bonds. The first kappa shape index (κ1) is 26.5. The van der Waals surface area contributed by atoms with Gasteiger partial charge in [-0.15, -0.1) is 0 Å². The Balaban J connectivity index is 1.22. The number of nitrogens with zero attached hydrogens (tertiary/aromatic N) is 5. The molecule has 206 valence electrons. The van der Waals surface area contributed by atoms with E-state index in [4.69, 9.17) is 18.6 Å². The summed E-state index contributed by atoms with van der Waals surface area (Å²) < 4.78 is 24.3. The van der Waals surface area contributed by atoms with Gasteiger partial charge in [0.15, 0.2) is 11.3 Å². The largest absolute Gasteiger partial charge is 0.491 e. The van der Waals surface area contributed by atoms with Crippen molar-refractivity contribution in [2.75, 3.05) is 38.7 Å². The number of hydrogen-bond donors (Lipinski definition) is 1. The van der Waals surface area contributed by atoms with Crippen molar-refractivity contribution in [2.45, 2.75) is 45.7 Å². The predicted octanol–water partition coefficient (Wildman–Crippen LogP) is 4.00. The second kappa shape index (κ2) is 12.2. The van der Waals surface area contributed by atoms with E-state index in [0.29, 0.717) is 24.8 Å². The molecule has 0 unspecified atom stereocenters. The number of methoxy groups -OCH3 is 1. The van der Waals surface area contributed by atoms with Gasteiger partial charge in [-0.05, 0) is 62.1 Å². The maximum absolute atomic E-state index is 11.6. The third-order valence-electron chi connectivity index (χ3n) is 6.70. The van der Waals surface area contributed by atoms with Gasteiger partial charge < -0.3 is 23.9 Å². The van der Waals surface area contributed by atoms with Crippen LogP contribution in [0, 0.1) is 0 Å². The Kier molecular flexibility index (Phi) is 8.26. The van der Waals surface area contributed by atoms with Crippen LogP contribution < -0.4 is 14.8 Å². The third kappa shape index (κ3) is 6.31. The van der Waals surface area contributed by atoms with E-state index in [1.807, 2.05) is 32.0 Å². The fourth-order valence-corrected chi connectivity index (χ4v) is 4.86. The minimum atomic E-state index is -0.280. The second-order valence-electron chi connectivity index (χ2n) is 9.42. The van der Waals surface area contributed by atoms with E-state index in [9.17, 15) is 4.79 Å². The summed E-state index contributed by atoms with van der Waals surface area (Å²) in [7, 11) is 1.39. The van der Waals surface area contributed by atoms with E-state index in [2.05, 4.69) is 37.4 Å². The van der Waals surface area contributed by atoms with Crippen LogP contribution >= 0.6 is 0 Å². The number of carbonyl (C=O) groups excluding carboxylic acids is 1. The van der Waals surface area contributed by atoms with E-state index in [1.165, 1.54) is 13.4 Å². The normalized spacial score (nSPS) is 14.4. The highest BCUT2D eigenvalue weighted by molar-refractivity contribution is 5.78. The Hall–Kier alpha value is -4.12. The average Bonchev–Trinajstić information content (AvgIpc) is 3.60. The zero-order valence-corrected chi connectivity index (χ0v) is 22.6. The zero-order chi connectivity index (χ0) is 27.2. The Morgan fingerprint density at radius 2 is 1.82 bits per heavy atom. The molecule has 1 N–H and O–H groups in total. The van der Waals surface area contributed by atoms with Crippen molar-refractivity contribution < 1.29 is 23.4 Å². The van der Waals surface area contributed by atoms with E-state index in [1.54, 1.807) is 11.0 Å². The third-order valence-corrected chi connectivity index (χ3v) is 6.70. The number of ether oxygens (including phenoxy) is 3. The van der Waals surface area contributed by atoms with Crippen LogP contribution in [-0.4, -0.2) is 70.1 Å². The summed E-state index contributed by atoms with van der Waals surface area (Å²) in [5.74, 6) is 1.18. The molecule has 11 heteroatoms. The molecule has 0 aliphatic carbocycles. The summed E-state index contributed by atoms with van der Waals surface area (Å²) in [5.41, 5.74) is 4.14. The summed E-state index contributed by atoms with van der Waals surface area (Å²) in [6.07, 6.45) is 5.28. The quantitative estimate of drug-likeness (QED) is 0.283. The first-order valence-electron chi connectivity index (χ1n) is 13.3. The molecule has 0 radical (unpaired) electrons. The average molecular weight is 535 g/mol. The Morgan fingerprint density at radius 1 is 1.08 bits per heavy atom. The number of rotatable bonds is 11. The predicted molar refractivity (Wildman–Crippen MR) is 145 cm³/mol. The maximum Gasteiger partial charge on any atom is 0.309 e. The van der Waals surface area contributed by atoms with E-state index < -0.39 is 0 Å². The smallest absolute Gasteiger partial charge is 0.309 e. The molecule has 0 spiro atoms. The van der Waals surface area contributed by atoms with E-state index in [-0.39, 0.29) is 18.4 Å². The molecule has 1 fully saturated rings. The van der Waals surface area contributed by atoms with Gasteiger partial charge in [0, 0.05) is 25.7 Å². The maximum atomic E-state index is 11.6. The van der Waals surface area contributed by atoms with Crippen LogP contribution in [0.2, 0.25) is 0 Å². The number of oxazole rings is 1. The van der Waals surface area contributed by atoms with Crippen LogP contribution in [0.15, 0.2) is 47.4 Å². The number of aromatic nitrogens is 4. The molecule has 11 nitrogen and oxygen atoms in total. The number of benzene rings is 2. The monoisotopic (exact) mass is 534 g/mol. The Morgan fingerprint density at radius 3 is 2.46 bits per heavy atom. The van der Waals surface area contributed by atoms with Crippen LogP contribution in [0.4, 0.5) is 6.01 Å². The Labute approximate surface area is 227 Å². The van der Waals surface area contributed by atoms with Gasteiger partial charge in [-0.1, -0.05) is 6.07 Å². The Bertz CT molecular complexity index is 1370. The summed E-state index contributed by atoms with van der Waals surface area (Å²) in [4.78, 5) is 22.7. The zero-order valence-electron chi connectivity index (χ0n) is 22.6. The van der Waals surface area contributed by atoms with Crippen molar-refractivity contribution in [3.8, 4) is 17.2 Å². The lowest BCUT2D eigenvalue weighted by Crippen LogP contribution is -2.38. The number of fused-ring (bicyclic) bond motifs is 1. The van der Waals surface area contributed by atoms with E-state index in [0.717, 1.165) is 66.3 Å². The molecular formula is C28H34N6O5. The fraction of sp³-hybridized carbons (Fsp3) is 0.429. The standard InChI is InChI=1S/C28H34N6O5/c1-4-37-24-13-20(14-25(38-5-2)27(24)34-18-29-17-30-34)16-33-10-8-21(9-11-33)31-28-32-22-12-19(15-26(35)36-3)6-7-23(22)39-28/h6-7,12-14,17-18,21H,4-5,8-11,15-16H2,1-3H3,(H,31,32). The summed E-state index contributed by atoms with van der Waals surface area (Å²) in [6, 6.07) is 10.5. The molecule has 4 aromatic rings. The first-order chi connectivity index (χ1) is 19.1. The van der Waals surface area contributed by atoms with Crippen LogP contribution in [0.25, 0.3) is 16.8 Å². The molecular weight excluding hydrogens is 500 g/mol. The minimum absolute atomic E-state index is 0.210. The van der Waals surface area contributed by atoms with Crippen molar-refractivity contribution in [1.29, 1.82) is 0 Å². The lowest BCUT2D eigenvalue weighted by atomic mass is 10.0. The lowest BCUT2D eigenvalue weighted by Gasteiger charge is -2.32. The SMILES string of the molecule is CCOc1cc(CN2CCC(Nc3nc4cc(CC(=O)OC)ccc4o3)CC2)cc(OCC)c1-n1cncn1. The number of hydrogen-bond acceptors (Lipinski definition) is 10. The van der Waals surface area contributed by atoms with E-state index >= 15 is 0 Å². The number of nitrogens with one attached hydrogen (secondary N) is 1. The van der Waals surface area contributed by atoms with Gasteiger partial charge in [0.1, 0.15) is 29.7 Å². The van der Waals surface area contributed by atoms with Crippen molar-refractivity contribution in [3.63, 3.8) is 0 Å². The topological polar surface area (TPSA) is 117 Å². The van der Waals surface area contributed by atoms with Gasteiger partial charge in [0.25, 0.3) is 6.01 Å². The van der Waals surface area contributed by atoms with Crippen molar-refractivity contribution >= 4 is 23.1 Å². The minimum Gasteiger partial charge on any atom is -0.491 e. The van der Waals surface area contributed by atoms with Gasteiger partial charge in [-0.2, -0.15) is 10.1 Å². The molecule has 1 aliphatic heterocycles. The molecule has 2 aromatic heterocycles. The van der Waals surface area contributed by atoms with Gasteiger partial charge in [-0.3, -0.25) is 9.69 Å². The van der Waals surface area contributed by atoms with Gasteiger partial charge in [0.2, 0.25) is 0 Å². The second-order valence-corrected chi connectivity index (χ2v) is 9.42. The summed E-state index contributed by atoms with van der Waals surface area (Å²) in [6.45, 7) is 7.66. The molecule has 5 rings (SSSR count). The van der Waals surface area contributed by atoms with Crippen LogP contribution in [-0.2, 0) is 22.5 Å². The number of anilines is 1. The molecule has 39 heavy (non-hydrogen) atoms. The highest BCUT2D eigenvalue weighted by atomic mass is 16.5. The van der Waals surface area contributed by atoms with Crippen LogP contribution in [0.3, 0.4) is 0 Å². The molecule has 3 heterocycles. The molecule has 0 atom stereocenters. The number of esters is 1. The first-order valence-corrected chi connectivity index (χ1v) is 13.3. The molecule has 1 saturated heterocycles. The van der Waals surface area contributed by atoms with Gasteiger partial charge in [0.05, 0.1) is 26.7 Å². The molecule has 2 aromatic carbocycles. The highest BCUT2D eigenvalue weighted by Crippen LogP contribution is 2.35. The fourth-order valence-electron chi connectivity index (χ4n) is 4.86. The number of likely N-dealkylation sites (tertiary alicyclic amines) is 1. The molecule has 1 aliphatic rings. The summed E-state index contributed by atoms with van der Waals surface area (Å²) in [5, 5.41) is 7.74. The number of piperidine rings is 1. The molecule has 0 bridgehead atoms.